The fourth-order valence-electron chi connectivity index (χ4n) is 4.92. The summed E-state index contributed by atoms with van der Waals surface area (Å²) in [5.41, 5.74) is 1.20. The molecule has 0 unspecified atom stereocenters. The highest BCUT2D eigenvalue weighted by molar-refractivity contribution is 5.95. The molecule has 2 atom stereocenters. The summed E-state index contributed by atoms with van der Waals surface area (Å²) < 4.78 is 0. The molecular formula is C23H29N3O3. The molecule has 1 aromatic carbocycles. The fraction of sp³-hybridized carbons (Fsp3) is 0.478. The van der Waals surface area contributed by atoms with Crippen LogP contribution in [0.15, 0.2) is 41.2 Å². The van der Waals surface area contributed by atoms with Crippen LogP contribution < -0.4 is 5.56 Å². The summed E-state index contributed by atoms with van der Waals surface area (Å²) in [6.45, 7) is 6.29. The predicted molar refractivity (Wildman–Crippen MR) is 112 cm³/mol. The van der Waals surface area contributed by atoms with Crippen LogP contribution in [0.2, 0.25) is 0 Å². The molecule has 2 fully saturated rings. The molecule has 4 rings (SSSR count). The minimum absolute atomic E-state index is 0.185. The van der Waals surface area contributed by atoms with Gasteiger partial charge >= 0.3 is 0 Å². The molecule has 6 nitrogen and oxygen atoms in total. The van der Waals surface area contributed by atoms with Crippen LogP contribution in [0.4, 0.5) is 0 Å². The summed E-state index contributed by atoms with van der Waals surface area (Å²) in [6, 6.07) is 11.4. The number of aromatic nitrogens is 1. The third kappa shape index (κ3) is 3.63. The number of amides is 1. The second-order valence-electron chi connectivity index (χ2n) is 8.39. The van der Waals surface area contributed by atoms with Gasteiger partial charge in [0.1, 0.15) is 11.2 Å². The van der Waals surface area contributed by atoms with Crippen LogP contribution in [0.5, 0.6) is 0 Å². The van der Waals surface area contributed by atoms with Crippen molar-refractivity contribution in [3.63, 3.8) is 0 Å². The summed E-state index contributed by atoms with van der Waals surface area (Å²) >= 11 is 0. The molecule has 2 aromatic rings. The molecule has 0 saturated carbocycles. The lowest BCUT2D eigenvalue weighted by molar-refractivity contribution is -0.0878. The number of aryl methyl sites for hydroxylation is 2. The quantitative estimate of drug-likeness (QED) is 0.835. The third-order valence-corrected chi connectivity index (χ3v) is 6.43. The van der Waals surface area contributed by atoms with Crippen LogP contribution in [0.1, 0.15) is 46.4 Å². The van der Waals surface area contributed by atoms with Gasteiger partial charge in [0.2, 0.25) is 0 Å². The first-order chi connectivity index (χ1) is 13.9. The topological polar surface area (TPSA) is 76.6 Å². The zero-order chi connectivity index (χ0) is 20.6. The van der Waals surface area contributed by atoms with E-state index >= 15 is 0 Å². The number of carbonyl (C=O) groups is 1. The number of hydrogen-bond acceptors (Lipinski definition) is 4. The van der Waals surface area contributed by atoms with Crippen molar-refractivity contribution in [2.24, 2.45) is 0 Å². The SMILES string of the molecule is Cc1cc(C)c(C(=O)N2CC[C@](O)(c3ccccc3)[C@H](N3CCCC3)C2)c(=O)[nH]1. The molecule has 6 heteroatoms. The smallest absolute Gasteiger partial charge is 0.261 e. The maximum absolute atomic E-state index is 13.3. The molecule has 2 aliphatic heterocycles. The molecule has 3 heterocycles. The highest BCUT2D eigenvalue weighted by Crippen LogP contribution is 2.37. The number of carbonyl (C=O) groups excluding carboxylic acids is 1. The fourth-order valence-corrected chi connectivity index (χ4v) is 4.92. The lowest BCUT2D eigenvalue weighted by atomic mass is 9.79. The minimum Gasteiger partial charge on any atom is -0.383 e. The highest BCUT2D eigenvalue weighted by Gasteiger charge is 2.47. The van der Waals surface area contributed by atoms with Gasteiger partial charge in [-0.1, -0.05) is 30.3 Å². The predicted octanol–water partition coefficient (Wildman–Crippen LogP) is 2.19. The number of aliphatic hydroxyl groups is 1. The monoisotopic (exact) mass is 395 g/mol. The molecular weight excluding hydrogens is 366 g/mol. The van der Waals surface area contributed by atoms with Crippen LogP contribution >= 0.6 is 0 Å². The van der Waals surface area contributed by atoms with E-state index in [4.69, 9.17) is 0 Å². The van der Waals surface area contributed by atoms with E-state index in [0.717, 1.165) is 37.2 Å². The van der Waals surface area contributed by atoms with Gasteiger partial charge in [0.05, 0.1) is 6.04 Å². The second kappa shape index (κ2) is 7.76. The zero-order valence-corrected chi connectivity index (χ0v) is 17.1. The minimum atomic E-state index is -1.00. The van der Waals surface area contributed by atoms with Gasteiger partial charge in [-0.05, 0) is 63.4 Å². The van der Waals surface area contributed by atoms with Gasteiger partial charge in [0.25, 0.3) is 11.5 Å². The molecule has 2 saturated heterocycles. The van der Waals surface area contributed by atoms with Gasteiger partial charge < -0.3 is 15.0 Å². The van der Waals surface area contributed by atoms with E-state index < -0.39 is 5.60 Å². The molecule has 2 N–H and O–H groups in total. The van der Waals surface area contributed by atoms with Gasteiger partial charge in [-0.3, -0.25) is 14.5 Å². The van der Waals surface area contributed by atoms with Crippen molar-refractivity contribution in [2.75, 3.05) is 26.2 Å². The van der Waals surface area contributed by atoms with Gasteiger partial charge in [-0.15, -0.1) is 0 Å². The average molecular weight is 396 g/mol. The van der Waals surface area contributed by atoms with Crippen LogP contribution in [-0.2, 0) is 5.60 Å². The molecule has 1 aromatic heterocycles. The molecule has 0 aliphatic carbocycles. The largest absolute Gasteiger partial charge is 0.383 e. The Labute approximate surface area is 171 Å². The summed E-state index contributed by atoms with van der Waals surface area (Å²) in [7, 11) is 0. The Morgan fingerprint density at radius 1 is 1.14 bits per heavy atom. The maximum Gasteiger partial charge on any atom is 0.261 e. The standard InChI is InChI=1S/C23H29N3O3/c1-16-14-17(2)24-21(27)20(16)22(28)26-13-10-23(29,18-8-4-3-5-9-18)19(15-26)25-11-6-7-12-25/h3-5,8-9,14,19,29H,6-7,10-13,15H2,1-2H3,(H,24,27)/t19-,23+/m1/s1. The number of piperidine rings is 1. The number of hydrogen-bond donors (Lipinski definition) is 2. The van der Waals surface area contributed by atoms with E-state index in [9.17, 15) is 14.7 Å². The molecule has 29 heavy (non-hydrogen) atoms. The van der Waals surface area contributed by atoms with Crippen molar-refractivity contribution in [1.29, 1.82) is 0 Å². The van der Waals surface area contributed by atoms with Crippen LogP contribution in [0, 0.1) is 13.8 Å². The Hall–Kier alpha value is -2.44. The molecule has 1 amide bonds. The van der Waals surface area contributed by atoms with E-state index in [0.29, 0.717) is 25.1 Å². The van der Waals surface area contributed by atoms with Crippen molar-refractivity contribution >= 4 is 5.91 Å². The van der Waals surface area contributed by atoms with Gasteiger partial charge in [-0.2, -0.15) is 0 Å². The number of nitrogens with one attached hydrogen (secondary N) is 1. The van der Waals surface area contributed by atoms with E-state index in [2.05, 4.69) is 9.88 Å². The van der Waals surface area contributed by atoms with Crippen LogP contribution in [-0.4, -0.2) is 58.0 Å². The summed E-state index contributed by atoms with van der Waals surface area (Å²) in [4.78, 5) is 32.5. The summed E-state index contributed by atoms with van der Waals surface area (Å²) in [5.74, 6) is -0.247. The first-order valence-electron chi connectivity index (χ1n) is 10.4. The van der Waals surface area contributed by atoms with Crippen LogP contribution in [0.25, 0.3) is 0 Å². The summed E-state index contributed by atoms with van der Waals surface area (Å²) in [6.07, 6.45) is 2.66. The summed E-state index contributed by atoms with van der Waals surface area (Å²) in [5, 5.41) is 11.7. The number of nitrogens with zero attached hydrogens (tertiary/aromatic N) is 2. The van der Waals surface area contributed by atoms with E-state index in [1.54, 1.807) is 11.8 Å². The number of rotatable bonds is 3. The zero-order valence-electron chi connectivity index (χ0n) is 17.1. The van der Waals surface area contributed by atoms with E-state index in [1.165, 1.54) is 0 Å². The lowest BCUT2D eigenvalue weighted by Gasteiger charge is -2.48. The number of likely N-dealkylation sites (tertiary alicyclic amines) is 2. The molecule has 2 aliphatic rings. The maximum atomic E-state index is 13.3. The number of pyridine rings is 1. The highest BCUT2D eigenvalue weighted by atomic mass is 16.3. The molecule has 0 radical (unpaired) electrons. The van der Waals surface area contributed by atoms with E-state index in [-0.39, 0.29) is 23.1 Å². The van der Waals surface area contributed by atoms with Crippen molar-refractivity contribution < 1.29 is 9.90 Å². The Kier molecular flexibility index (Phi) is 5.32. The van der Waals surface area contributed by atoms with Crippen molar-refractivity contribution in [1.82, 2.24) is 14.8 Å². The molecule has 154 valence electrons. The first-order valence-corrected chi connectivity index (χ1v) is 10.4. The number of benzene rings is 1. The van der Waals surface area contributed by atoms with Gasteiger partial charge in [0.15, 0.2) is 0 Å². The number of aromatic amines is 1. The van der Waals surface area contributed by atoms with Crippen molar-refractivity contribution in [3.8, 4) is 0 Å². The van der Waals surface area contributed by atoms with Crippen molar-refractivity contribution in [3.05, 3.63) is 69.1 Å². The Bertz CT molecular complexity index is 950. The third-order valence-electron chi connectivity index (χ3n) is 6.43. The van der Waals surface area contributed by atoms with Gasteiger partial charge in [-0.25, -0.2) is 0 Å². The van der Waals surface area contributed by atoms with E-state index in [1.807, 2.05) is 43.3 Å². The first kappa shape index (κ1) is 19.9. The Balaban J connectivity index is 1.66. The Morgan fingerprint density at radius 2 is 1.83 bits per heavy atom. The van der Waals surface area contributed by atoms with Crippen molar-refractivity contribution in [2.45, 2.75) is 44.8 Å². The van der Waals surface area contributed by atoms with Crippen LogP contribution in [0.3, 0.4) is 0 Å². The number of H-pyrrole nitrogens is 1. The molecule has 0 spiro atoms. The van der Waals surface area contributed by atoms with Gasteiger partial charge in [0, 0.05) is 18.8 Å². The molecule has 0 bridgehead atoms. The second-order valence-corrected chi connectivity index (χ2v) is 8.39. The Morgan fingerprint density at radius 3 is 2.48 bits per heavy atom. The lowest BCUT2D eigenvalue weighted by Crippen LogP contribution is -2.61. The average Bonchev–Trinajstić information content (AvgIpc) is 3.22. The normalized spacial score (nSPS) is 25.3.